The highest BCUT2D eigenvalue weighted by atomic mass is 16.5. The van der Waals surface area contributed by atoms with Gasteiger partial charge in [0.25, 0.3) is 0 Å². The van der Waals surface area contributed by atoms with Crippen LogP contribution in [0.3, 0.4) is 0 Å². The third-order valence-corrected chi connectivity index (χ3v) is 2.68. The fourth-order valence-electron chi connectivity index (χ4n) is 1.61. The number of urea groups is 1. The number of nitrogens with zero attached hydrogens (tertiary/aromatic N) is 2. The molecule has 3 amide bonds. The molecule has 0 aromatic heterocycles. The van der Waals surface area contributed by atoms with Crippen molar-refractivity contribution in [2.45, 2.75) is 13.3 Å². The number of hydrogen-bond donors (Lipinski definition) is 1. The van der Waals surface area contributed by atoms with Gasteiger partial charge in [0.1, 0.15) is 13.1 Å². The Hall–Kier alpha value is -1.79. The van der Waals surface area contributed by atoms with E-state index >= 15 is 0 Å². The molecule has 1 rings (SSSR count). The molecule has 0 radical (unpaired) electrons. The van der Waals surface area contributed by atoms with Crippen LogP contribution in [0.5, 0.6) is 0 Å². The summed E-state index contributed by atoms with van der Waals surface area (Å²) in [6.07, 6.45) is 0.849. The van der Waals surface area contributed by atoms with E-state index in [2.05, 4.69) is 10.1 Å². The lowest BCUT2D eigenvalue weighted by Gasteiger charge is -2.33. The summed E-state index contributed by atoms with van der Waals surface area (Å²) in [4.78, 5) is 37.3. The van der Waals surface area contributed by atoms with E-state index in [0.717, 1.165) is 6.42 Å². The summed E-state index contributed by atoms with van der Waals surface area (Å²) in [5.41, 5.74) is 0. The molecule has 0 unspecified atom stereocenters. The fourth-order valence-corrected chi connectivity index (χ4v) is 1.61. The lowest BCUT2D eigenvalue weighted by molar-refractivity contribution is -0.148. The molecule has 0 atom stereocenters. The molecule has 0 saturated carbocycles. The Morgan fingerprint density at radius 3 is 2.67 bits per heavy atom. The molecule has 0 spiro atoms. The number of piperazine rings is 1. The SMILES string of the molecule is CCCNC(=O)N1CCN(CC(=O)OC)C(=O)C1. The minimum Gasteiger partial charge on any atom is -0.468 e. The Morgan fingerprint density at radius 1 is 1.39 bits per heavy atom. The van der Waals surface area contributed by atoms with Crippen LogP contribution < -0.4 is 5.32 Å². The van der Waals surface area contributed by atoms with Gasteiger partial charge in [-0.15, -0.1) is 0 Å². The lowest BCUT2D eigenvalue weighted by atomic mass is 10.3. The van der Waals surface area contributed by atoms with E-state index in [0.29, 0.717) is 19.6 Å². The molecule has 18 heavy (non-hydrogen) atoms. The summed E-state index contributed by atoms with van der Waals surface area (Å²) < 4.78 is 4.50. The van der Waals surface area contributed by atoms with Crippen LogP contribution >= 0.6 is 0 Å². The molecule has 1 fully saturated rings. The third kappa shape index (κ3) is 3.90. The molecule has 1 N–H and O–H groups in total. The van der Waals surface area contributed by atoms with E-state index in [-0.39, 0.29) is 25.0 Å². The van der Waals surface area contributed by atoms with Gasteiger partial charge in [-0.05, 0) is 6.42 Å². The van der Waals surface area contributed by atoms with Gasteiger partial charge in [0.15, 0.2) is 0 Å². The number of amides is 3. The Balaban J connectivity index is 2.43. The van der Waals surface area contributed by atoms with Gasteiger partial charge in [-0.2, -0.15) is 0 Å². The summed E-state index contributed by atoms with van der Waals surface area (Å²) in [7, 11) is 1.28. The van der Waals surface area contributed by atoms with Crippen LogP contribution in [0.4, 0.5) is 4.79 Å². The van der Waals surface area contributed by atoms with E-state index in [1.807, 2.05) is 6.92 Å². The first kappa shape index (κ1) is 14.3. The van der Waals surface area contributed by atoms with Gasteiger partial charge in [0.05, 0.1) is 7.11 Å². The van der Waals surface area contributed by atoms with Crippen LogP contribution in [-0.4, -0.2) is 67.5 Å². The molecule has 7 nitrogen and oxygen atoms in total. The Bertz CT molecular complexity index is 332. The van der Waals surface area contributed by atoms with Crippen LogP contribution in [0, 0.1) is 0 Å². The highest BCUT2D eigenvalue weighted by Gasteiger charge is 2.28. The van der Waals surface area contributed by atoms with E-state index in [1.165, 1.54) is 16.9 Å². The molecule has 7 heteroatoms. The van der Waals surface area contributed by atoms with E-state index in [9.17, 15) is 14.4 Å². The zero-order valence-corrected chi connectivity index (χ0v) is 10.8. The number of esters is 1. The van der Waals surface area contributed by atoms with Crippen LogP contribution in [0.25, 0.3) is 0 Å². The molecule has 0 aliphatic carbocycles. The number of methoxy groups -OCH3 is 1. The highest BCUT2D eigenvalue weighted by molar-refractivity contribution is 5.87. The third-order valence-electron chi connectivity index (χ3n) is 2.68. The van der Waals surface area contributed by atoms with Crippen LogP contribution in [0.1, 0.15) is 13.3 Å². The first-order valence-corrected chi connectivity index (χ1v) is 5.95. The second-order valence-corrected chi connectivity index (χ2v) is 4.04. The molecule has 1 saturated heterocycles. The van der Waals surface area contributed by atoms with Gasteiger partial charge in [0, 0.05) is 19.6 Å². The van der Waals surface area contributed by atoms with E-state index in [1.54, 1.807) is 0 Å². The smallest absolute Gasteiger partial charge is 0.325 e. The largest absolute Gasteiger partial charge is 0.468 e. The van der Waals surface area contributed by atoms with Crippen molar-refractivity contribution in [1.29, 1.82) is 0 Å². The number of nitrogens with one attached hydrogen (secondary N) is 1. The molecule has 0 aromatic carbocycles. The predicted octanol–water partition coefficient (Wildman–Crippen LogP) is -0.577. The Kier molecular flexibility index (Phi) is 5.41. The van der Waals surface area contributed by atoms with Crippen molar-refractivity contribution in [2.24, 2.45) is 0 Å². The fraction of sp³-hybridized carbons (Fsp3) is 0.727. The van der Waals surface area contributed by atoms with Gasteiger partial charge in [0.2, 0.25) is 5.91 Å². The summed E-state index contributed by atoms with van der Waals surface area (Å²) in [5.74, 6) is -0.689. The average Bonchev–Trinajstić information content (AvgIpc) is 2.38. The van der Waals surface area contributed by atoms with Crippen molar-refractivity contribution in [2.75, 3.05) is 39.8 Å². The van der Waals surface area contributed by atoms with Gasteiger partial charge in [-0.3, -0.25) is 9.59 Å². The number of carbonyl (C=O) groups is 3. The first-order chi connectivity index (χ1) is 8.58. The molecule has 1 heterocycles. The molecular weight excluding hydrogens is 238 g/mol. The van der Waals surface area contributed by atoms with Crippen molar-refractivity contribution in [3.05, 3.63) is 0 Å². The number of carbonyl (C=O) groups excluding carboxylic acids is 3. The molecule has 102 valence electrons. The predicted molar refractivity (Wildman–Crippen MR) is 63.9 cm³/mol. The summed E-state index contributed by atoms with van der Waals surface area (Å²) in [6, 6.07) is -0.233. The second kappa shape index (κ2) is 6.83. The maximum Gasteiger partial charge on any atom is 0.325 e. The van der Waals surface area contributed by atoms with Crippen molar-refractivity contribution in [3.63, 3.8) is 0 Å². The topological polar surface area (TPSA) is 79.0 Å². The molecule has 0 aromatic rings. The van der Waals surface area contributed by atoms with E-state index in [4.69, 9.17) is 0 Å². The standard InChI is InChI=1S/C11H19N3O4/c1-3-4-12-11(17)14-6-5-13(9(15)7-14)8-10(16)18-2/h3-8H2,1-2H3,(H,12,17). The van der Waals surface area contributed by atoms with Crippen molar-refractivity contribution in [1.82, 2.24) is 15.1 Å². The minimum absolute atomic E-state index is 0.00649. The Labute approximate surface area is 106 Å². The summed E-state index contributed by atoms with van der Waals surface area (Å²) in [6.45, 7) is 3.28. The molecule has 1 aliphatic rings. The Morgan fingerprint density at radius 2 is 2.11 bits per heavy atom. The lowest BCUT2D eigenvalue weighted by Crippen LogP contribution is -2.55. The van der Waals surface area contributed by atoms with Crippen molar-refractivity contribution >= 4 is 17.9 Å². The summed E-state index contributed by atoms with van der Waals surface area (Å²) >= 11 is 0. The van der Waals surface area contributed by atoms with Crippen LogP contribution in [-0.2, 0) is 14.3 Å². The molecule has 0 bridgehead atoms. The van der Waals surface area contributed by atoms with Gasteiger partial charge in [-0.25, -0.2) is 4.79 Å². The monoisotopic (exact) mass is 257 g/mol. The number of rotatable bonds is 4. The van der Waals surface area contributed by atoms with Crippen LogP contribution in [0.15, 0.2) is 0 Å². The maximum atomic E-state index is 11.7. The van der Waals surface area contributed by atoms with E-state index < -0.39 is 5.97 Å². The quantitative estimate of drug-likeness (QED) is 0.684. The highest BCUT2D eigenvalue weighted by Crippen LogP contribution is 2.03. The van der Waals surface area contributed by atoms with Gasteiger partial charge >= 0.3 is 12.0 Å². The number of ether oxygens (including phenoxy) is 1. The summed E-state index contributed by atoms with van der Waals surface area (Å²) in [5, 5.41) is 2.71. The van der Waals surface area contributed by atoms with Gasteiger partial charge in [-0.1, -0.05) is 6.92 Å². The maximum absolute atomic E-state index is 11.7. The number of hydrogen-bond acceptors (Lipinski definition) is 4. The first-order valence-electron chi connectivity index (χ1n) is 5.95. The zero-order valence-electron chi connectivity index (χ0n) is 10.8. The molecule has 1 aliphatic heterocycles. The molecular formula is C11H19N3O4. The van der Waals surface area contributed by atoms with Crippen molar-refractivity contribution < 1.29 is 19.1 Å². The van der Waals surface area contributed by atoms with Crippen LogP contribution in [0.2, 0.25) is 0 Å². The van der Waals surface area contributed by atoms with Crippen molar-refractivity contribution in [3.8, 4) is 0 Å². The zero-order chi connectivity index (χ0) is 13.5. The average molecular weight is 257 g/mol. The normalized spacial score (nSPS) is 15.6. The van der Waals surface area contributed by atoms with Gasteiger partial charge < -0.3 is 19.9 Å². The minimum atomic E-state index is -0.452. The second-order valence-electron chi connectivity index (χ2n) is 4.04.